The molecule has 1 fully saturated rings. The Hall–Kier alpha value is -1.06. The smallest absolute Gasteiger partial charge is 0.245 e. The fraction of sp³-hybridized carbons (Fsp3) is 0.800. The molecule has 2 N–H and O–H groups in total. The summed E-state index contributed by atoms with van der Waals surface area (Å²) in [5.74, 6) is -0.159. The molecule has 0 spiro atoms. The van der Waals surface area contributed by atoms with Gasteiger partial charge in [-0.1, -0.05) is 20.8 Å². The van der Waals surface area contributed by atoms with Crippen molar-refractivity contribution in [2.24, 2.45) is 5.41 Å². The molecule has 0 bridgehead atoms. The van der Waals surface area contributed by atoms with Crippen molar-refractivity contribution in [2.45, 2.75) is 39.2 Å². The Morgan fingerprint density at radius 2 is 1.71 bits per heavy atom. The van der Waals surface area contributed by atoms with Gasteiger partial charge in [0.1, 0.15) is 5.54 Å². The van der Waals surface area contributed by atoms with Crippen LogP contribution in [0.1, 0.15) is 33.6 Å². The number of rotatable bonds is 2. The molecule has 1 aliphatic rings. The van der Waals surface area contributed by atoms with Crippen molar-refractivity contribution in [3.63, 3.8) is 0 Å². The molecule has 0 aromatic carbocycles. The van der Waals surface area contributed by atoms with Crippen molar-refractivity contribution < 1.29 is 9.59 Å². The standard InChI is InChI=1S/C10H18N2O2/c1-9(2,3)7(13)12-10(5-6-10)8(14)11-4/h5-6H2,1-4H3,(H,11,14)(H,12,13). The van der Waals surface area contributed by atoms with E-state index < -0.39 is 11.0 Å². The van der Waals surface area contributed by atoms with Gasteiger partial charge in [-0.15, -0.1) is 0 Å². The molecule has 0 heterocycles. The zero-order chi connectivity index (χ0) is 11.0. The molecule has 80 valence electrons. The summed E-state index contributed by atoms with van der Waals surface area (Å²) >= 11 is 0. The van der Waals surface area contributed by atoms with E-state index in [-0.39, 0.29) is 11.8 Å². The van der Waals surface area contributed by atoms with Gasteiger partial charge in [-0.3, -0.25) is 9.59 Å². The van der Waals surface area contributed by atoms with Crippen molar-refractivity contribution in [2.75, 3.05) is 7.05 Å². The monoisotopic (exact) mass is 198 g/mol. The van der Waals surface area contributed by atoms with Crippen LogP contribution in [0.2, 0.25) is 0 Å². The number of carbonyl (C=O) groups is 2. The summed E-state index contributed by atoms with van der Waals surface area (Å²) in [6.45, 7) is 5.51. The lowest BCUT2D eigenvalue weighted by Gasteiger charge is -2.22. The van der Waals surface area contributed by atoms with Crippen LogP contribution in [0.15, 0.2) is 0 Å². The minimum absolute atomic E-state index is 0.0707. The Morgan fingerprint density at radius 3 is 2.00 bits per heavy atom. The predicted octanol–water partition coefficient (Wildman–Crippen LogP) is 0.427. The van der Waals surface area contributed by atoms with E-state index in [2.05, 4.69) is 10.6 Å². The summed E-state index contributed by atoms with van der Waals surface area (Å²) < 4.78 is 0. The van der Waals surface area contributed by atoms with Crippen LogP contribution in [0.5, 0.6) is 0 Å². The van der Waals surface area contributed by atoms with Crippen molar-refractivity contribution in [3.8, 4) is 0 Å². The number of amides is 2. The molecular formula is C10H18N2O2. The van der Waals surface area contributed by atoms with E-state index in [1.807, 2.05) is 20.8 Å². The second-order valence-corrected chi connectivity index (χ2v) is 4.87. The molecule has 1 saturated carbocycles. The molecule has 0 radical (unpaired) electrons. The lowest BCUT2D eigenvalue weighted by molar-refractivity contribution is -0.134. The second-order valence-electron chi connectivity index (χ2n) is 4.87. The van der Waals surface area contributed by atoms with Crippen LogP contribution in [0, 0.1) is 5.41 Å². The summed E-state index contributed by atoms with van der Waals surface area (Å²) in [6.07, 6.45) is 1.49. The molecule has 0 aromatic rings. The van der Waals surface area contributed by atoms with E-state index in [9.17, 15) is 9.59 Å². The third kappa shape index (κ3) is 2.05. The number of hydrogen-bond acceptors (Lipinski definition) is 2. The summed E-state index contributed by atoms with van der Waals surface area (Å²) in [4.78, 5) is 23.1. The van der Waals surface area contributed by atoms with Crippen LogP contribution in [-0.4, -0.2) is 24.4 Å². The minimum atomic E-state index is -0.612. The molecule has 1 rings (SSSR count). The molecule has 0 unspecified atom stereocenters. The first-order chi connectivity index (χ1) is 6.32. The van der Waals surface area contributed by atoms with Crippen molar-refractivity contribution >= 4 is 11.8 Å². The van der Waals surface area contributed by atoms with E-state index in [1.54, 1.807) is 7.05 Å². The van der Waals surface area contributed by atoms with Crippen LogP contribution in [0.25, 0.3) is 0 Å². The quantitative estimate of drug-likeness (QED) is 0.676. The summed E-state index contributed by atoms with van der Waals surface area (Å²) in [7, 11) is 1.59. The fourth-order valence-electron chi connectivity index (χ4n) is 1.18. The van der Waals surface area contributed by atoms with E-state index in [0.717, 1.165) is 12.8 Å². The van der Waals surface area contributed by atoms with Gasteiger partial charge < -0.3 is 10.6 Å². The third-order valence-electron chi connectivity index (χ3n) is 2.45. The van der Waals surface area contributed by atoms with Gasteiger partial charge in [0, 0.05) is 12.5 Å². The van der Waals surface area contributed by atoms with Crippen LogP contribution >= 0.6 is 0 Å². The maximum absolute atomic E-state index is 11.6. The normalized spacial score (nSPS) is 18.6. The molecular weight excluding hydrogens is 180 g/mol. The maximum Gasteiger partial charge on any atom is 0.245 e. The Labute approximate surface area is 84.4 Å². The van der Waals surface area contributed by atoms with Crippen LogP contribution < -0.4 is 10.6 Å². The molecule has 0 aliphatic heterocycles. The molecule has 0 saturated heterocycles. The highest BCUT2D eigenvalue weighted by Crippen LogP contribution is 2.36. The van der Waals surface area contributed by atoms with Crippen LogP contribution in [-0.2, 0) is 9.59 Å². The van der Waals surface area contributed by atoms with Gasteiger partial charge in [0.05, 0.1) is 0 Å². The highest BCUT2D eigenvalue weighted by molar-refractivity contribution is 5.95. The number of carbonyl (C=O) groups excluding carboxylic acids is 2. The van der Waals surface area contributed by atoms with Gasteiger partial charge in [0.2, 0.25) is 11.8 Å². The van der Waals surface area contributed by atoms with Gasteiger partial charge >= 0.3 is 0 Å². The first-order valence-electron chi connectivity index (χ1n) is 4.87. The molecule has 2 amide bonds. The lowest BCUT2D eigenvalue weighted by atomic mass is 9.95. The molecule has 1 aliphatic carbocycles. The van der Waals surface area contributed by atoms with Gasteiger partial charge in [0.25, 0.3) is 0 Å². The van der Waals surface area contributed by atoms with Gasteiger partial charge in [0.15, 0.2) is 0 Å². The van der Waals surface area contributed by atoms with E-state index in [0.29, 0.717) is 0 Å². The van der Waals surface area contributed by atoms with Gasteiger partial charge in [-0.05, 0) is 12.8 Å². The molecule has 0 aromatic heterocycles. The first-order valence-corrected chi connectivity index (χ1v) is 4.87. The van der Waals surface area contributed by atoms with Gasteiger partial charge in [-0.25, -0.2) is 0 Å². The van der Waals surface area contributed by atoms with E-state index in [1.165, 1.54) is 0 Å². The SMILES string of the molecule is CNC(=O)C1(NC(=O)C(C)(C)C)CC1. The van der Waals surface area contributed by atoms with E-state index in [4.69, 9.17) is 0 Å². The zero-order valence-corrected chi connectivity index (χ0v) is 9.23. The highest BCUT2D eigenvalue weighted by Gasteiger charge is 2.51. The maximum atomic E-state index is 11.6. The Morgan fingerprint density at radius 1 is 1.21 bits per heavy atom. The lowest BCUT2D eigenvalue weighted by Crippen LogP contribution is -2.51. The Balaban J connectivity index is 2.61. The highest BCUT2D eigenvalue weighted by atomic mass is 16.2. The molecule has 4 nitrogen and oxygen atoms in total. The average molecular weight is 198 g/mol. The summed E-state index contributed by atoms with van der Waals surface area (Å²) in [5.41, 5.74) is -1.05. The number of hydrogen-bond donors (Lipinski definition) is 2. The molecule has 14 heavy (non-hydrogen) atoms. The largest absolute Gasteiger partial charge is 0.357 e. The Bertz CT molecular complexity index is 262. The topological polar surface area (TPSA) is 58.2 Å². The van der Waals surface area contributed by atoms with Crippen molar-refractivity contribution in [1.82, 2.24) is 10.6 Å². The van der Waals surface area contributed by atoms with Crippen molar-refractivity contribution in [3.05, 3.63) is 0 Å². The Kier molecular flexibility index (Phi) is 2.56. The van der Waals surface area contributed by atoms with Crippen LogP contribution in [0.4, 0.5) is 0 Å². The van der Waals surface area contributed by atoms with Crippen LogP contribution in [0.3, 0.4) is 0 Å². The zero-order valence-electron chi connectivity index (χ0n) is 9.23. The summed E-state index contributed by atoms with van der Waals surface area (Å²) in [6, 6.07) is 0. The van der Waals surface area contributed by atoms with Gasteiger partial charge in [-0.2, -0.15) is 0 Å². The number of nitrogens with one attached hydrogen (secondary N) is 2. The second kappa shape index (κ2) is 3.26. The van der Waals surface area contributed by atoms with Crippen molar-refractivity contribution in [1.29, 1.82) is 0 Å². The first kappa shape index (κ1) is 11.0. The molecule has 0 atom stereocenters. The van der Waals surface area contributed by atoms with E-state index >= 15 is 0 Å². The number of likely N-dealkylation sites (N-methyl/N-ethyl adjacent to an activating group) is 1. The third-order valence-corrected chi connectivity index (χ3v) is 2.45. The minimum Gasteiger partial charge on any atom is -0.357 e. The fourth-order valence-corrected chi connectivity index (χ4v) is 1.18. The molecule has 4 heteroatoms. The summed E-state index contributed by atoms with van der Waals surface area (Å²) in [5, 5.41) is 5.38. The predicted molar refractivity (Wildman–Crippen MR) is 53.6 cm³/mol. The average Bonchev–Trinajstić information content (AvgIpc) is 2.82.